The standard InChI is InChI=1S/C13H13BrClNO4/c14-10-3-1-7(15)5-9(10)12(17)16-6-8-2-4-11(20-8)13(18)19/h1,3,5,8,11H,2,4,6H2,(H,16,17)(H,18,19). The molecular formula is C13H13BrClNO4. The van der Waals surface area contributed by atoms with Gasteiger partial charge in [0.05, 0.1) is 11.7 Å². The Kier molecular flexibility index (Phi) is 5.01. The number of rotatable bonds is 4. The second kappa shape index (κ2) is 6.56. The molecule has 2 rings (SSSR count). The topological polar surface area (TPSA) is 75.6 Å². The van der Waals surface area contributed by atoms with Crippen LogP contribution in [0.3, 0.4) is 0 Å². The van der Waals surface area contributed by atoms with Crippen molar-refractivity contribution in [3.05, 3.63) is 33.3 Å². The number of ether oxygens (including phenoxy) is 1. The first-order chi connectivity index (χ1) is 9.47. The lowest BCUT2D eigenvalue weighted by atomic mass is 10.2. The van der Waals surface area contributed by atoms with Crippen LogP contribution in [0.4, 0.5) is 0 Å². The summed E-state index contributed by atoms with van der Waals surface area (Å²) in [6.45, 7) is 0.279. The molecule has 108 valence electrons. The van der Waals surface area contributed by atoms with E-state index in [4.69, 9.17) is 21.4 Å². The number of amides is 1. The number of aliphatic carboxylic acids is 1. The second-order valence-corrected chi connectivity index (χ2v) is 5.79. The van der Waals surface area contributed by atoms with E-state index in [-0.39, 0.29) is 18.6 Å². The van der Waals surface area contributed by atoms with Gasteiger partial charge in [-0.3, -0.25) is 4.79 Å². The van der Waals surface area contributed by atoms with Crippen molar-refractivity contribution in [3.63, 3.8) is 0 Å². The predicted molar refractivity (Wildman–Crippen MR) is 77.0 cm³/mol. The maximum Gasteiger partial charge on any atom is 0.332 e. The van der Waals surface area contributed by atoms with Crippen molar-refractivity contribution in [1.82, 2.24) is 5.32 Å². The average Bonchev–Trinajstić information content (AvgIpc) is 2.88. The monoisotopic (exact) mass is 361 g/mol. The molecule has 1 aromatic carbocycles. The highest BCUT2D eigenvalue weighted by Crippen LogP contribution is 2.22. The van der Waals surface area contributed by atoms with E-state index in [2.05, 4.69) is 21.2 Å². The van der Waals surface area contributed by atoms with Gasteiger partial charge in [-0.1, -0.05) is 11.6 Å². The van der Waals surface area contributed by atoms with Gasteiger partial charge in [0, 0.05) is 16.0 Å². The minimum atomic E-state index is -0.962. The summed E-state index contributed by atoms with van der Waals surface area (Å²) in [5.74, 6) is -1.24. The Morgan fingerprint density at radius 2 is 2.20 bits per heavy atom. The molecule has 0 spiro atoms. The lowest BCUT2D eigenvalue weighted by molar-refractivity contribution is -0.149. The number of benzene rings is 1. The van der Waals surface area contributed by atoms with Crippen LogP contribution in [0.5, 0.6) is 0 Å². The van der Waals surface area contributed by atoms with Gasteiger partial charge in [-0.25, -0.2) is 4.79 Å². The fourth-order valence-electron chi connectivity index (χ4n) is 2.01. The minimum Gasteiger partial charge on any atom is -0.479 e. The van der Waals surface area contributed by atoms with Crippen LogP contribution in [-0.4, -0.2) is 35.7 Å². The molecule has 1 saturated heterocycles. The van der Waals surface area contributed by atoms with Gasteiger partial charge in [-0.15, -0.1) is 0 Å². The number of carbonyl (C=O) groups is 2. The van der Waals surface area contributed by atoms with Crippen LogP contribution in [-0.2, 0) is 9.53 Å². The number of nitrogens with one attached hydrogen (secondary N) is 1. The Morgan fingerprint density at radius 3 is 2.85 bits per heavy atom. The molecule has 0 saturated carbocycles. The van der Waals surface area contributed by atoms with Crippen LogP contribution in [0.25, 0.3) is 0 Å². The van der Waals surface area contributed by atoms with Crippen LogP contribution >= 0.6 is 27.5 Å². The van der Waals surface area contributed by atoms with Gasteiger partial charge in [0.1, 0.15) is 0 Å². The summed E-state index contributed by atoms with van der Waals surface area (Å²) in [7, 11) is 0. The minimum absolute atomic E-state index is 0.266. The summed E-state index contributed by atoms with van der Waals surface area (Å²) in [4.78, 5) is 22.8. The summed E-state index contributed by atoms with van der Waals surface area (Å²) in [6.07, 6.45) is 0.0536. The van der Waals surface area contributed by atoms with Crippen LogP contribution in [0.2, 0.25) is 5.02 Å². The molecule has 0 aliphatic carbocycles. The molecule has 0 radical (unpaired) electrons. The van der Waals surface area contributed by atoms with Crippen molar-refractivity contribution in [2.75, 3.05) is 6.54 Å². The second-order valence-electron chi connectivity index (χ2n) is 4.50. The lowest BCUT2D eigenvalue weighted by Gasteiger charge is -2.13. The van der Waals surface area contributed by atoms with Crippen molar-refractivity contribution in [1.29, 1.82) is 0 Å². The summed E-state index contributed by atoms with van der Waals surface area (Å²) < 4.78 is 5.96. The van der Waals surface area contributed by atoms with Crippen molar-refractivity contribution >= 4 is 39.4 Å². The van der Waals surface area contributed by atoms with Gasteiger partial charge in [0.2, 0.25) is 0 Å². The Hall–Kier alpha value is -1.11. The number of carboxylic acids is 1. The van der Waals surface area contributed by atoms with Crippen molar-refractivity contribution in [2.45, 2.75) is 25.0 Å². The van der Waals surface area contributed by atoms with Crippen LogP contribution < -0.4 is 5.32 Å². The van der Waals surface area contributed by atoms with Gasteiger partial charge in [0.25, 0.3) is 5.91 Å². The lowest BCUT2D eigenvalue weighted by Crippen LogP contribution is -2.33. The highest BCUT2D eigenvalue weighted by molar-refractivity contribution is 9.10. The fraction of sp³-hybridized carbons (Fsp3) is 0.385. The molecule has 1 aromatic rings. The Bertz CT molecular complexity index is 537. The molecule has 1 heterocycles. The number of hydrogen-bond donors (Lipinski definition) is 2. The summed E-state index contributed by atoms with van der Waals surface area (Å²) >= 11 is 9.14. The van der Waals surface area contributed by atoms with Crippen LogP contribution in [0, 0.1) is 0 Å². The molecule has 1 aliphatic rings. The Balaban J connectivity index is 1.90. The van der Waals surface area contributed by atoms with Gasteiger partial charge in [0.15, 0.2) is 6.10 Å². The molecule has 20 heavy (non-hydrogen) atoms. The quantitative estimate of drug-likeness (QED) is 0.863. The molecule has 7 heteroatoms. The van der Waals surface area contributed by atoms with E-state index in [1.54, 1.807) is 18.2 Å². The Morgan fingerprint density at radius 1 is 1.45 bits per heavy atom. The summed E-state index contributed by atoms with van der Waals surface area (Å²) in [5.41, 5.74) is 0.435. The smallest absolute Gasteiger partial charge is 0.332 e. The zero-order valence-corrected chi connectivity index (χ0v) is 12.8. The largest absolute Gasteiger partial charge is 0.479 e. The van der Waals surface area contributed by atoms with Crippen molar-refractivity contribution < 1.29 is 19.4 Å². The number of carbonyl (C=O) groups excluding carboxylic acids is 1. The van der Waals surface area contributed by atoms with E-state index in [1.165, 1.54) is 0 Å². The summed E-state index contributed by atoms with van der Waals surface area (Å²) in [6, 6.07) is 4.94. The first-order valence-corrected chi connectivity index (χ1v) is 7.26. The fourth-order valence-corrected chi connectivity index (χ4v) is 2.61. The molecule has 2 atom stereocenters. The molecule has 2 N–H and O–H groups in total. The zero-order valence-electron chi connectivity index (χ0n) is 10.4. The number of halogens is 2. The molecular weight excluding hydrogens is 350 g/mol. The molecule has 1 fully saturated rings. The van der Waals surface area contributed by atoms with E-state index in [9.17, 15) is 9.59 Å². The SMILES string of the molecule is O=C(NCC1CCC(C(=O)O)O1)c1cc(Cl)ccc1Br. The van der Waals surface area contributed by atoms with Gasteiger partial charge in [-0.05, 0) is 47.0 Å². The number of hydrogen-bond acceptors (Lipinski definition) is 3. The maximum absolute atomic E-state index is 12.0. The maximum atomic E-state index is 12.0. The van der Waals surface area contributed by atoms with Crippen LogP contribution in [0.15, 0.2) is 22.7 Å². The first-order valence-electron chi connectivity index (χ1n) is 6.09. The zero-order chi connectivity index (χ0) is 14.7. The van der Waals surface area contributed by atoms with E-state index in [0.29, 0.717) is 27.9 Å². The van der Waals surface area contributed by atoms with E-state index in [0.717, 1.165) is 0 Å². The number of carboxylic acid groups (broad SMARTS) is 1. The van der Waals surface area contributed by atoms with Crippen molar-refractivity contribution in [3.8, 4) is 0 Å². The third-order valence-electron chi connectivity index (χ3n) is 3.05. The van der Waals surface area contributed by atoms with Crippen molar-refractivity contribution in [2.24, 2.45) is 0 Å². The predicted octanol–water partition coefficient (Wildman–Crippen LogP) is 2.46. The first kappa shape index (κ1) is 15.3. The Labute approximate surface area is 129 Å². The molecule has 0 bridgehead atoms. The summed E-state index contributed by atoms with van der Waals surface area (Å²) in [5, 5.41) is 12.0. The van der Waals surface area contributed by atoms with Gasteiger partial charge in [-0.2, -0.15) is 0 Å². The highest BCUT2D eigenvalue weighted by Gasteiger charge is 2.30. The van der Waals surface area contributed by atoms with E-state index >= 15 is 0 Å². The third kappa shape index (κ3) is 3.71. The van der Waals surface area contributed by atoms with Gasteiger partial charge < -0.3 is 15.2 Å². The van der Waals surface area contributed by atoms with Gasteiger partial charge >= 0.3 is 5.97 Å². The molecule has 5 nitrogen and oxygen atoms in total. The van der Waals surface area contributed by atoms with Crippen LogP contribution in [0.1, 0.15) is 23.2 Å². The third-order valence-corrected chi connectivity index (χ3v) is 3.97. The van der Waals surface area contributed by atoms with E-state index < -0.39 is 12.1 Å². The highest BCUT2D eigenvalue weighted by atomic mass is 79.9. The average molecular weight is 363 g/mol. The van der Waals surface area contributed by atoms with E-state index in [1.807, 2.05) is 0 Å². The molecule has 1 aliphatic heterocycles. The molecule has 0 aromatic heterocycles. The molecule has 2 unspecified atom stereocenters. The normalized spacial score (nSPS) is 21.7. The molecule has 1 amide bonds.